The van der Waals surface area contributed by atoms with Gasteiger partial charge in [0.15, 0.2) is 18.9 Å². The second kappa shape index (κ2) is 9.24. The Hall–Kier alpha value is 0.190. The van der Waals surface area contributed by atoms with Crippen LogP contribution in [0.3, 0.4) is 0 Å². The van der Waals surface area contributed by atoms with Crippen molar-refractivity contribution in [1.29, 1.82) is 0 Å². The second-order valence-electron chi connectivity index (χ2n) is 2.95. The van der Waals surface area contributed by atoms with Gasteiger partial charge in [0.05, 0.1) is 0 Å². The van der Waals surface area contributed by atoms with Gasteiger partial charge in [-0.25, -0.2) is 0 Å². The van der Waals surface area contributed by atoms with Crippen LogP contribution in [0.1, 0.15) is 20.8 Å². The van der Waals surface area contributed by atoms with E-state index >= 15 is 0 Å². The third-order valence-corrected chi connectivity index (χ3v) is 3.11. The Bertz CT molecular complexity index is 142. The van der Waals surface area contributed by atoms with Gasteiger partial charge in [0.25, 0.3) is 0 Å². The predicted molar refractivity (Wildman–Crippen MR) is 59.6 cm³/mol. The molecule has 0 saturated heterocycles. The van der Waals surface area contributed by atoms with Crippen molar-refractivity contribution in [1.82, 2.24) is 0 Å². The van der Waals surface area contributed by atoms with E-state index in [1.165, 1.54) is 21.3 Å². The van der Waals surface area contributed by atoms with Crippen LogP contribution in [-0.2, 0) is 27.8 Å². The minimum Gasteiger partial charge on any atom is -0.356 e. The molecule has 16 heavy (non-hydrogen) atoms. The molecule has 0 N–H and O–H groups in total. The van der Waals surface area contributed by atoms with Crippen molar-refractivity contribution in [2.24, 2.45) is 0 Å². The van der Waals surface area contributed by atoms with E-state index in [1.807, 2.05) is 0 Å². The van der Waals surface area contributed by atoms with E-state index in [2.05, 4.69) is 0 Å². The summed E-state index contributed by atoms with van der Waals surface area (Å²) >= 11 is 0. The summed E-state index contributed by atoms with van der Waals surface area (Å²) in [5, 5.41) is 0. The van der Waals surface area contributed by atoms with Gasteiger partial charge in [-0.2, -0.15) is 0 Å². The summed E-state index contributed by atoms with van der Waals surface area (Å²) < 4.78 is 31.0. The molecule has 98 valence electrons. The van der Waals surface area contributed by atoms with Gasteiger partial charge in [-0.05, 0) is 20.8 Å². The quantitative estimate of drug-likeness (QED) is 0.466. The van der Waals surface area contributed by atoms with Crippen LogP contribution in [0.4, 0.5) is 0 Å². The molecule has 0 saturated carbocycles. The maximum atomic E-state index is 5.38. The lowest BCUT2D eigenvalue weighted by Gasteiger charge is -2.24. The molecule has 0 aliphatic carbocycles. The molecular formula is C9H21O6P. The Balaban J connectivity index is 4.15. The molecule has 0 aliphatic rings. The molecule has 0 aliphatic heterocycles. The molecule has 0 aromatic heterocycles. The summed E-state index contributed by atoms with van der Waals surface area (Å²) in [6.07, 6.45) is -1.25. The number of rotatable bonds is 9. The van der Waals surface area contributed by atoms with Crippen molar-refractivity contribution in [2.45, 2.75) is 39.6 Å². The van der Waals surface area contributed by atoms with Crippen LogP contribution in [0.2, 0.25) is 0 Å². The average Bonchev–Trinajstić information content (AvgIpc) is 2.28. The minimum absolute atomic E-state index is 0.417. The van der Waals surface area contributed by atoms with Gasteiger partial charge in [0.2, 0.25) is 0 Å². The normalized spacial score (nSPS) is 19.1. The number of hydrogen-bond acceptors (Lipinski definition) is 6. The first kappa shape index (κ1) is 16.2. The van der Waals surface area contributed by atoms with Gasteiger partial charge in [0, 0.05) is 21.3 Å². The topological polar surface area (TPSA) is 55.4 Å². The highest BCUT2D eigenvalue weighted by atomic mass is 31.2. The van der Waals surface area contributed by atoms with Crippen molar-refractivity contribution < 1.29 is 27.8 Å². The van der Waals surface area contributed by atoms with Gasteiger partial charge in [-0.15, -0.1) is 0 Å². The summed E-state index contributed by atoms with van der Waals surface area (Å²) in [6.45, 7) is 5.24. The Morgan fingerprint density at radius 3 is 1.06 bits per heavy atom. The largest absolute Gasteiger partial charge is 0.356 e. The smallest absolute Gasteiger partial charge is 0.339 e. The summed E-state index contributed by atoms with van der Waals surface area (Å²) in [5.74, 6) is 0. The lowest BCUT2D eigenvalue weighted by Crippen LogP contribution is -2.17. The maximum absolute atomic E-state index is 5.38. The second-order valence-corrected chi connectivity index (χ2v) is 4.03. The molecular weight excluding hydrogens is 235 g/mol. The SMILES string of the molecule is COC(C)OP(OC(C)OC)OC(C)OC. The van der Waals surface area contributed by atoms with E-state index < -0.39 is 27.5 Å². The van der Waals surface area contributed by atoms with Crippen molar-refractivity contribution in [3.63, 3.8) is 0 Å². The van der Waals surface area contributed by atoms with Crippen molar-refractivity contribution in [2.75, 3.05) is 21.3 Å². The van der Waals surface area contributed by atoms with Crippen molar-refractivity contribution in [3.8, 4) is 0 Å². The monoisotopic (exact) mass is 256 g/mol. The van der Waals surface area contributed by atoms with Crippen molar-refractivity contribution in [3.05, 3.63) is 0 Å². The Labute approximate surface area is 98.1 Å². The van der Waals surface area contributed by atoms with Gasteiger partial charge in [-0.1, -0.05) is 0 Å². The Kier molecular flexibility index (Phi) is 9.35. The highest BCUT2D eigenvalue weighted by Gasteiger charge is 2.22. The Morgan fingerprint density at radius 2 is 0.875 bits per heavy atom. The fourth-order valence-corrected chi connectivity index (χ4v) is 1.70. The zero-order valence-corrected chi connectivity index (χ0v) is 11.5. The lowest BCUT2D eigenvalue weighted by atomic mass is 10.8. The summed E-state index contributed by atoms with van der Waals surface area (Å²) in [5.41, 5.74) is 0. The molecule has 6 nitrogen and oxygen atoms in total. The molecule has 3 atom stereocenters. The summed E-state index contributed by atoms with van der Waals surface area (Å²) in [6, 6.07) is 0. The van der Waals surface area contributed by atoms with E-state index in [0.29, 0.717) is 0 Å². The van der Waals surface area contributed by atoms with Crippen LogP contribution in [-0.4, -0.2) is 40.2 Å². The highest BCUT2D eigenvalue weighted by Crippen LogP contribution is 2.43. The minimum atomic E-state index is -1.57. The molecule has 0 rings (SSSR count). The van der Waals surface area contributed by atoms with Crippen molar-refractivity contribution >= 4 is 8.60 Å². The van der Waals surface area contributed by atoms with E-state index in [4.69, 9.17) is 27.8 Å². The fraction of sp³-hybridized carbons (Fsp3) is 1.00. The predicted octanol–water partition coefficient (Wildman–Crippen LogP) is 2.24. The fourth-order valence-electron chi connectivity index (χ4n) is 0.567. The van der Waals surface area contributed by atoms with Crippen LogP contribution >= 0.6 is 8.60 Å². The molecule has 0 bridgehead atoms. The molecule has 0 heterocycles. The maximum Gasteiger partial charge on any atom is 0.339 e. The summed E-state index contributed by atoms with van der Waals surface area (Å²) in [4.78, 5) is 0. The van der Waals surface area contributed by atoms with Crippen LogP contribution in [0.5, 0.6) is 0 Å². The highest BCUT2D eigenvalue weighted by molar-refractivity contribution is 7.41. The molecule has 0 amide bonds. The number of methoxy groups -OCH3 is 3. The first-order valence-corrected chi connectivity index (χ1v) is 6.01. The molecule has 0 spiro atoms. The van der Waals surface area contributed by atoms with Gasteiger partial charge in [-0.3, -0.25) is 13.6 Å². The van der Waals surface area contributed by atoms with Gasteiger partial charge >= 0.3 is 8.60 Å². The standard InChI is InChI=1S/C9H21O6P/c1-7(10-4)13-16(14-8(2)11-5)15-9(3)12-6/h7-9H,1-6H3. The van der Waals surface area contributed by atoms with Crippen LogP contribution < -0.4 is 0 Å². The molecule has 3 unspecified atom stereocenters. The first-order chi connectivity index (χ1) is 7.53. The molecule has 0 aromatic carbocycles. The van der Waals surface area contributed by atoms with E-state index in [9.17, 15) is 0 Å². The molecule has 7 heteroatoms. The van der Waals surface area contributed by atoms with Gasteiger partial charge in [0.1, 0.15) is 0 Å². The number of hydrogen-bond donors (Lipinski definition) is 0. The van der Waals surface area contributed by atoms with E-state index in [1.54, 1.807) is 20.8 Å². The average molecular weight is 256 g/mol. The zero-order valence-electron chi connectivity index (χ0n) is 10.6. The third-order valence-electron chi connectivity index (χ3n) is 1.70. The van der Waals surface area contributed by atoms with Crippen LogP contribution in [0.15, 0.2) is 0 Å². The van der Waals surface area contributed by atoms with Crippen LogP contribution in [0.25, 0.3) is 0 Å². The lowest BCUT2D eigenvalue weighted by molar-refractivity contribution is -0.114. The number of ether oxygens (including phenoxy) is 3. The molecule has 0 aromatic rings. The molecule has 0 fully saturated rings. The van der Waals surface area contributed by atoms with E-state index in [-0.39, 0.29) is 0 Å². The summed E-state index contributed by atoms with van der Waals surface area (Å²) in [7, 11) is 3.05. The van der Waals surface area contributed by atoms with E-state index in [0.717, 1.165) is 0 Å². The molecule has 0 radical (unpaired) electrons. The van der Waals surface area contributed by atoms with Gasteiger partial charge < -0.3 is 14.2 Å². The first-order valence-electron chi connectivity index (χ1n) is 4.92. The Morgan fingerprint density at radius 1 is 0.625 bits per heavy atom. The third kappa shape index (κ3) is 7.46. The zero-order chi connectivity index (χ0) is 12.6. The van der Waals surface area contributed by atoms with Crippen LogP contribution in [0, 0.1) is 0 Å².